The first-order valence-corrected chi connectivity index (χ1v) is 2.98. The minimum atomic E-state index is -1.61. The molecule has 0 atom stereocenters. The Bertz CT molecular complexity index is 339. The molecule has 3 heteroatoms. The van der Waals surface area contributed by atoms with E-state index in [-0.39, 0.29) is 11.3 Å². The van der Waals surface area contributed by atoms with Gasteiger partial charge in [-0.15, -0.1) is 4.91 Å². The number of benzene rings is 1. The van der Waals surface area contributed by atoms with Crippen molar-refractivity contribution in [3.05, 3.63) is 34.7 Å². The van der Waals surface area contributed by atoms with Gasteiger partial charge in [-0.1, -0.05) is 12.1 Å². The second-order valence-electron chi connectivity index (χ2n) is 1.97. The van der Waals surface area contributed by atoms with Crippen LogP contribution in [0.3, 0.4) is 0 Å². The second-order valence-corrected chi connectivity index (χ2v) is 1.97. The van der Waals surface area contributed by atoms with E-state index in [0.717, 1.165) is 0 Å². The minimum Gasteiger partial charge on any atom is -0.294 e. The number of ketones is 1. The van der Waals surface area contributed by atoms with Gasteiger partial charge in [0.2, 0.25) is 0 Å². The van der Waals surface area contributed by atoms with E-state index in [9.17, 15) is 9.70 Å². The average Bonchev–Trinajstić information content (AvgIpc) is 2.16. The average molecular weight is 151 g/mol. The summed E-state index contributed by atoms with van der Waals surface area (Å²) in [6.07, 6.45) is 0. The van der Waals surface area contributed by atoms with Crippen LogP contribution in [0, 0.1) is 4.91 Å². The molecule has 0 saturated carbocycles. The van der Waals surface area contributed by atoms with Crippen LogP contribution in [-0.2, 0) is 0 Å². The lowest BCUT2D eigenvalue weighted by Crippen LogP contribution is -1.90. The highest BCUT2D eigenvalue weighted by atomic mass is 16.3. The zero-order valence-corrected chi connectivity index (χ0v) is 5.65. The number of hydrogen-bond acceptors (Lipinski definition) is 3. The molecule has 0 amide bonds. The Morgan fingerprint density at radius 3 is 2.91 bits per heavy atom. The number of rotatable bonds is 2. The van der Waals surface area contributed by atoms with Gasteiger partial charge >= 0.3 is 0 Å². The van der Waals surface area contributed by atoms with Gasteiger partial charge in [0.15, 0.2) is 5.78 Å². The third-order valence-corrected chi connectivity index (χ3v) is 1.27. The Hall–Kier alpha value is -1.51. The van der Waals surface area contributed by atoms with E-state index >= 15 is 0 Å². The van der Waals surface area contributed by atoms with Gasteiger partial charge in [-0.2, -0.15) is 0 Å². The molecule has 56 valence electrons. The summed E-state index contributed by atoms with van der Waals surface area (Å²) >= 11 is 0. The van der Waals surface area contributed by atoms with Crippen LogP contribution in [0.25, 0.3) is 0 Å². The third-order valence-electron chi connectivity index (χ3n) is 1.27. The van der Waals surface area contributed by atoms with E-state index in [1.165, 1.54) is 12.1 Å². The van der Waals surface area contributed by atoms with Crippen molar-refractivity contribution in [1.29, 1.82) is 0 Å². The molecule has 0 aliphatic rings. The Morgan fingerprint density at radius 1 is 1.55 bits per heavy atom. The molecule has 0 heterocycles. The quantitative estimate of drug-likeness (QED) is 0.480. The molecule has 0 unspecified atom stereocenters. The maximum Gasteiger partial charge on any atom is 0.162 e. The molecule has 11 heavy (non-hydrogen) atoms. The number of hydrogen-bond donors (Lipinski definition) is 0. The lowest BCUT2D eigenvalue weighted by Gasteiger charge is -1.95. The molecule has 0 N–H and O–H groups in total. The molecule has 0 saturated heterocycles. The third kappa shape index (κ3) is 1.49. The van der Waals surface area contributed by atoms with E-state index in [1.54, 1.807) is 12.1 Å². The molecule has 1 aromatic carbocycles. The van der Waals surface area contributed by atoms with Gasteiger partial charge in [0.1, 0.15) is 5.69 Å². The second kappa shape index (κ2) is 3.05. The largest absolute Gasteiger partial charge is 0.294 e. The van der Waals surface area contributed by atoms with Crippen molar-refractivity contribution in [1.82, 2.24) is 0 Å². The highest BCUT2D eigenvalue weighted by Gasteiger charge is 2.04. The van der Waals surface area contributed by atoms with Crippen molar-refractivity contribution in [3.63, 3.8) is 0 Å². The Morgan fingerprint density at radius 2 is 2.27 bits per heavy atom. The smallest absolute Gasteiger partial charge is 0.162 e. The van der Waals surface area contributed by atoms with E-state index in [4.69, 9.17) is 2.74 Å². The zero-order chi connectivity index (χ0) is 9.84. The molecule has 0 spiro atoms. The van der Waals surface area contributed by atoms with Gasteiger partial charge in [-0.05, 0) is 24.2 Å². The van der Waals surface area contributed by atoms with E-state index in [0.29, 0.717) is 0 Å². The van der Waals surface area contributed by atoms with Crippen molar-refractivity contribution in [2.75, 3.05) is 0 Å². The van der Waals surface area contributed by atoms with E-state index in [2.05, 4.69) is 5.18 Å². The first kappa shape index (κ1) is 5.18. The Balaban J connectivity index is 3.13. The molecular formula is C8H7NO2. The zero-order valence-electron chi connectivity index (χ0n) is 7.65. The number of carbonyl (C=O) groups is 1. The summed E-state index contributed by atoms with van der Waals surface area (Å²) in [6.45, 7) is -1.61. The topological polar surface area (TPSA) is 46.5 Å². The van der Waals surface area contributed by atoms with Crippen LogP contribution in [0.15, 0.2) is 29.4 Å². The van der Waals surface area contributed by atoms with Crippen molar-refractivity contribution in [3.8, 4) is 0 Å². The maximum absolute atomic E-state index is 11.2. The molecule has 0 aliphatic heterocycles. The molecule has 1 rings (SSSR count). The molecule has 3 nitrogen and oxygen atoms in total. The van der Waals surface area contributed by atoms with Gasteiger partial charge in [0, 0.05) is 8.30 Å². The van der Waals surface area contributed by atoms with Gasteiger partial charge in [0.25, 0.3) is 0 Å². The number of nitrogens with zero attached hydrogens (tertiary/aromatic N) is 1. The summed E-state index contributed by atoms with van der Waals surface area (Å²) in [5, 5.41) is 2.64. The predicted molar refractivity (Wildman–Crippen MR) is 41.9 cm³/mol. The van der Waals surface area contributed by atoms with Crippen LogP contribution in [0.5, 0.6) is 0 Å². The number of Topliss-reactive ketones (excluding diaryl/α,β-unsaturated/α-hetero) is 1. The molecule has 0 radical (unpaired) electrons. The molecule has 0 bridgehead atoms. The van der Waals surface area contributed by atoms with Gasteiger partial charge in [-0.25, -0.2) is 0 Å². The molecule has 1 aromatic rings. The van der Waals surface area contributed by atoms with Gasteiger partial charge in [0.05, 0.1) is 0 Å². The fourth-order valence-corrected chi connectivity index (χ4v) is 0.762. The van der Waals surface area contributed by atoms with Gasteiger partial charge < -0.3 is 0 Å². The van der Waals surface area contributed by atoms with Crippen molar-refractivity contribution < 1.29 is 7.54 Å². The normalized spacial score (nSPS) is 12.1. The van der Waals surface area contributed by atoms with E-state index in [1.807, 2.05) is 0 Å². The fraction of sp³-hybridized carbons (Fsp3) is 0.125. The molecule has 0 aliphatic carbocycles. The van der Waals surface area contributed by atoms with E-state index < -0.39 is 12.7 Å². The predicted octanol–water partition coefficient (Wildman–Crippen LogP) is 2.29. The van der Waals surface area contributed by atoms with Crippen molar-refractivity contribution in [2.45, 2.75) is 6.88 Å². The van der Waals surface area contributed by atoms with Crippen LogP contribution in [-0.4, -0.2) is 5.78 Å². The maximum atomic E-state index is 11.2. The van der Waals surface area contributed by atoms with Gasteiger partial charge in [-0.3, -0.25) is 4.79 Å². The SMILES string of the molecule is [2H]C([2H])C(=O)c1ccccc1N=O. The van der Waals surface area contributed by atoms with Crippen LogP contribution < -0.4 is 0 Å². The Kier molecular flexibility index (Phi) is 1.44. The fourth-order valence-electron chi connectivity index (χ4n) is 0.762. The van der Waals surface area contributed by atoms with Crippen molar-refractivity contribution >= 4 is 11.5 Å². The van der Waals surface area contributed by atoms with Crippen LogP contribution >= 0.6 is 0 Å². The molecule has 0 fully saturated rings. The lowest BCUT2D eigenvalue weighted by atomic mass is 10.1. The highest BCUT2D eigenvalue weighted by Crippen LogP contribution is 2.17. The summed E-state index contributed by atoms with van der Waals surface area (Å²) in [7, 11) is 0. The van der Waals surface area contributed by atoms with Crippen LogP contribution in [0.1, 0.15) is 20.0 Å². The highest BCUT2D eigenvalue weighted by molar-refractivity contribution is 5.98. The first-order valence-electron chi connectivity index (χ1n) is 4.13. The number of carbonyl (C=O) groups excluding carboxylic acids is 1. The molecule has 0 aromatic heterocycles. The minimum absolute atomic E-state index is 0.0167. The monoisotopic (exact) mass is 151 g/mol. The molecular weight excluding hydrogens is 142 g/mol. The summed E-state index contributed by atoms with van der Waals surface area (Å²) in [5.41, 5.74) is 0.0181. The standard InChI is InChI=1S/C8H7NO2/c1-6(10)7-4-2-3-5-8(7)9-11/h2-5H,1H3/i1D2. The number of nitroso groups, excluding NO2 is 1. The Labute approximate surface area is 66.8 Å². The lowest BCUT2D eigenvalue weighted by molar-refractivity contribution is 0.101. The first-order chi connectivity index (χ1) is 6.16. The summed E-state index contributed by atoms with van der Waals surface area (Å²) in [5.74, 6) is -0.713. The summed E-state index contributed by atoms with van der Waals surface area (Å²) in [4.78, 5) is 21.4. The van der Waals surface area contributed by atoms with Crippen molar-refractivity contribution in [2.24, 2.45) is 5.18 Å². The summed E-state index contributed by atoms with van der Waals surface area (Å²) < 4.78 is 13.7. The summed E-state index contributed by atoms with van der Waals surface area (Å²) in [6, 6.07) is 5.89. The van der Waals surface area contributed by atoms with Crippen LogP contribution in [0.2, 0.25) is 0 Å². The van der Waals surface area contributed by atoms with Crippen LogP contribution in [0.4, 0.5) is 5.69 Å².